The van der Waals surface area contributed by atoms with E-state index in [1.165, 1.54) is 31.3 Å². The minimum absolute atomic E-state index is 0.0573. The summed E-state index contributed by atoms with van der Waals surface area (Å²) in [5, 5.41) is 0. The van der Waals surface area contributed by atoms with Crippen LogP contribution in [0.4, 0.5) is 4.39 Å². The number of Topliss-reactive ketones (excluding diaryl/α,β-unsaturated/α-hetero) is 1. The lowest BCUT2D eigenvalue weighted by Crippen LogP contribution is -1.95. The van der Waals surface area contributed by atoms with Crippen molar-refractivity contribution < 1.29 is 13.9 Å². The van der Waals surface area contributed by atoms with Crippen LogP contribution in [0.5, 0.6) is 11.6 Å². The van der Waals surface area contributed by atoms with Gasteiger partial charge in [-0.2, -0.15) is 0 Å². The maximum atomic E-state index is 12.9. The highest BCUT2D eigenvalue weighted by Crippen LogP contribution is 2.24. The summed E-state index contributed by atoms with van der Waals surface area (Å²) >= 11 is 0. The summed E-state index contributed by atoms with van der Waals surface area (Å²) in [6, 6.07) is 7.41. The molecule has 0 aliphatic carbocycles. The van der Waals surface area contributed by atoms with E-state index in [0.29, 0.717) is 22.8 Å². The van der Waals surface area contributed by atoms with Gasteiger partial charge in [-0.1, -0.05) is 0 Å². The molecule has 0 bridgehead atoms. The number of nitrogens with zero attached hydrogens (tertiary/aromatic N) is 1. The smallest absolute Gasteiger partial charge is 0.219 e. The van der Waals surface area contributed by atoms with Crippen LogP contribution in [0, 0.1) is 12.7 Å². The number of carbonyl (C=O) groups excluding carboxylic acids is 1. The van der Waals surface area contributed by atoms with Gasteiger partial charge in [-0.05, 0) is 43.7 Å². The number of carbonyl (C=O) groups is 1. The Morgan fingerprint density at radius 3 is 2.72 bits per heavy atom. The van der Waals surface area contributed by atoms with Gasteiger partial charge >= 0.3 is 0 Å². The van der Waals surface area contributed by atoms with Crippen molar-refractivity contribution in [2.24, 2.45) is 0 Å². The fourth-order valence-electron chi connectivity index (χ4n) is 1.52. The molecule has 92 valence electrons. The fourth-order valence-corrected chi connectivity index (χ4v) is 1.52. The lowest BCUT2D eigenvalue weighted by molar-refractivity contribution is 0.101. The molecule has 1 aromatic carbocycles. The van der Waals surface area contributed by atoms with E-state index in [9.17, 15) is 9.18 Å². The van der Waals surface area contributed by atoms with Gasteiger partial charge in [0, 0.05) is 17.8 Å². The number of halogens is 1. The third-order valence-electron chi connectivity index (χ3n) is 2.49. The van der Waals surface area contributed by atoms with Crippen molar-refractivity contribution in [1.29, 1.82) is 0 Å². The number of rotatable bonds is 3. The molecule has 4 heteroatoms. The second-order valence-electron chi connectivity index (χ2n) is 3.95. The molecule has 18 heavy (non-hydrogen) atoms. The summed E-state index contributed by atoms with van der Waals surface area (Å²) < 4.78 is 18.5. The molecule has 2 rings (SSSR count). The monoisotopic (exact) mass is 245 g/mol. The van der Waals surface area contributed by atoms with Crippen LogP contribution in [-0.2, 0) is 0 Å². The molecule has 0 atom stereocenters. The van der Waals surface area contributed by atoms with Crippen LogP contribution in [0.3, 0.4) is 0 Å². The molecule has 0 N–H and O–H groups in total. The number of ketones is 1. The summed E-state index contributed by atoms with van der Waals surface area (Å²) in [6.07, 6.45) is 1.50. The van der Waals surface area contributed by atoms with E-state index in [0.717, 1.165) is 0 Å². The third kappa shape index (κ3) is 2.71. The molecule has 3 nitrogen and oxygen atoms in total. The van der Waals surface area contributed by atoms with Crippen LogP contribution in [0.15, 0.2) is 36.5 Å². The van der Waals surface area contributed by atoms with Crippen molar-refractivity contribution in [3.05, 3.63) is 53.5 Å². The highest BCUT2D eigenvalue weighted by Gasteiger charge is 2.06. The molecule has 0 aliphatic rings. The first-order valence-corrected chi connectivity index (χ1v) is 5.47. The Balaban J connectivity index is 2.28. The minimum atomic E-state index is -0.315. The molecule has 0 radical (unpaired) electrons. The predicted octanol–water partition coefficient (Wildman–Crippen LogP) is 3.52. The SMILES string of the molecule is CC(=O)c1ccnc(Oc2ccc(F)cc2C)c1. The van der Waals surface area contributed by atoms with Crippen molar-refractivity contribution >= 4 is 5.78 Å². The van der Waals surface area contributed by atoms with E-state index in [1.807, 2.05) is 0 Å². The van der Waals surface area contributed by atoms with E-state index in [1.54, 1.807) is 19.1 Å². The number of benzene rings is 1. The Hall–Kier alpha value is -2.23. The van der Waals surface area contributed by atoms with Crippen LogP contribution >= 0.6 is 0 Å². The Morgan fingerprint density at radius 2 is 2.06 bits per heavy atom. The molecular weight excluding hydrogens is 233 g/mol. The zero-order chi connectivity index (χ0) is 13.1. The van der Waals surface area contributed by atoms with Crippen molar-refractivity contribution in [2.75, 3.05) is 0 Å². The zero-order valence-corrected chi connectivity index (χ0v) is 10.1. The summed E-state index contributed by atoms with van der Waals surface area (Å²) in [6.45, 7) is 3.22. The van der Waals surface area contributed by atoms with Crippen LogP contribution in [0.25, 0.3) is 0 Å². The average Bonchev–Trinajstić information content (AvgIpc) is 2.33. The summed E-state index contributed by atoms with van der Waals surface area (Å²) in [5.41, 5.74) is 1.20. The lowest BCUT2D eigenvalue weighted by atomic mass is 10.2. The number of pyridine rings is 1. The quantitative estimate of drug-likeness (QED) is 0.776. The van der Waals surface area contributed by atoms with Crippen LogP contribution < -0.4 is 4.74 Å². The first-order chi connectivity index (χ1) is 8.56. The Labute approximate surface area is 104 Å². The number of hydrogen-bond donors (Lipinski definition) is 0. The molecule has 0 unspecified atom stereocenters. The zero-order valence-electron chi connectivity index (χ0n) is 10.1. The maximum Gasteiger partial charge on any atom is 0.219 e. The molecule has 0 aliphatic heterocycles. The van der Waals surface area contributed by atoms with Crippen LogP contribution in [0.1, 0.15) is 22.8 Å². The van der Waals surface area contributed by atoms with E-state index in [4.69, 9.17) is 4.74 Å². The predicted molar refractivity (Wildman–Crippen MR) is 65.5 cm³/mol. The normalized spacial score (nSPS) is 10.2. The molecule has 1 heterocycles. The first-order valence-electron chi connectivity index (χ1n) is 5.47. The third-order valence-corrected chi connectivity index (χ3v) is 2.49. The topological polar surface area (TPSA) is 39.2 Å². The molecule has 0 saturated carbocycles. The Kier molecular flexibility index (Phi) is 3.37. The molecule has 2 aromatic rings. The van der Waals surface area contributed by atoms with E-state index < -0.39 is 0 Å². The van der Waals surface area contributed by atoms with Gasteiger partial charge in [-0.25, -0.2) is 9.37 Å². The van der Waals surface area contributed by atoms with Crippen molar-refractivity contribution in [2.45, 2.75) is 13.8 Å². The second kappa shape index (κ2) is 4.96. The van der Waals surface area contributed by atoms with Gasteiger partial charge < -0.3 is 4.74 Å². The molecule has 0 fully saturated rings. The molecule has 0 spiro atoms. The van der Waals surface area contributed by atoms with Gasteiger partial charge in [0.2, 0.25) is 5.88 Å². The van der Waals surface area contributed by atoms with E-state index >= 15 is 0 Å². The number of ether oxygens (including phenoxy) is 1. The van der Waals surface area contributed by atoms with Crippen molar-refractivity contribution in [3.8, 4) is 11.6 Å². The highest BCUT2D eigenvalue weighted by molar-refractivity contribution is 5.94. The van der Waals surface area contributed by atoms with Crippen LogP contribution in [-0.4, -0.2) is 10.8 Å². The van der Waals surface area contributed by atoms with Gasteiger partial charge in [-0.3, -0.25) is 4.79 Å². The number of aromatic nitrogens is 1. The van der Waals surface area contributed by atoms with Gasteiger partial charge in [0.1, 0.15) is 11.6 Å². The van der Waals surface area contributed by atoms with E-state index in [-0.39, 0.29) is 11.6 Å². The Bertz CT molecular complexity index is 596. The van der Waals surface area contributed by atoms with Crippen LogP contribution in [0.2, 0.25) is 0 Å². The first kappa shape index (κ1) is 12.2. The summed E-state index contributed by atoms with van der Waals surface area (Å²) in [7, 11) is 0. The maximum absolute atomic E-state index is 12.9. The second-order valence-corrected chi connectivity index (χ2v) is 3.95. The standard InChI is InChI=1S/C14H12FNO2/c1-9-7-12(15)3-4-13(9)18-14-8-11(10(2)17)5-6-16-14/h3-8H,1-2H3. The molecule has 0 saturated heterocycles. The molecular formula is C14H12FNO2. The average molecular weight is 245 g/mol. The van der Waals surface area contributed by atoms with E-state index in [2.05, 4.69) is 4.98 Å². The summed E-state index contributed by atoms with van der Waals surface area (Å²) in [4.78, 5) is 15.2. The highest BCUT2D eigenvalue weighted by atomic mass is 19.1. The lowest BCUT2D eigenvalue weighted by Gasteiger charge is -2.08. The Morgan fingerprint density at radius 1 is 1.28 bits per heavy atom. The van der Waals surface area contributed by atoms with Crippen molar-refractivity contribution in [3.63, 3.8) is 0 Å². The summed E-state index contributed by atoms with van der Waals surface area (Å²) in [5.74, 6) is 0.463. The van der Waals surface area contributed by atoms with Gasteiger partial charge in [0.25, 0.3) is 0 Å². The minimum Gasteiger partial charge on any atom is -0.439 e. The molecule has 0 amide bonds. The fraction of sp³-hybridized carbons (Fsp3) is 0.143. The number of hydrogen-bond acceptors (Lipinski definition) is 3. The van der Waals surface area contributed by atoms with Gasteiger partial charge in [0.05, 0.1) is 0 Å². The molecule has 1 aromatic heterocycles. The van der Waals surface area contributed by atoms with Gasteiger partial charge in [0.15, 0.2) is 5.78 Å². The largest absolute Gasteiger partial charge is 0.439 e. The van der Waals surface area contributed by atoms with Gasteiger partial charge in [-0.15, -0.1) is 0 Å². The van der Waals surface area contributed by atoms with Crippen molar-refractivity contribution in [1.82, 2.24) is 4.98 Å². The number of aryl methyl sites for hydroxylation is 1.